The largest absolute Gasteiger partial charge is 0.465 e. The summed E-state index contributed by atoms with van der Waals surface area (Å²) in [5.74, 6) is 0.406. The Balaban J connectivity index is 1.88. The smallest absolute Gasteiger partial charge is 0.338 e. The monoisotopic (exact) mass is 345 g/mol. The molecule has 5 heteroatoms. The third kappa shape index (κ3) is 3.78. The molecule has 0 amide bonds. The third-order valence-corrected chi connectivity index (χ3v) is 3.97. The number of carbonyl (C=O) groups excluding carboxylic acids is 1. The van der Waals surface area contributed by atoms with Crippen LogP contribution in [0.3, 0.4) is 0 Å². The molecule has 0 saturated carbocycles. The number of benzene rings is 2. The number of aromatic nitrogens is 1. The van der Waals surface area contributed by atoms with Gasteiger partial charge in [-0.1, -0.05) is 42.5 Å². The normalized spacial score (nSPS) is 11.1. The van der Waals surface area contributed by atoms with Crippen LogP contribution in [0.15, 0.2) is 78.0 Å². The van der Waals surface area contributed by atoms with Gasteiger partial charge in [-0.2, -0.15) is 0 Å². The SMILES string of the molecule is CN=C(Nc1ccncc1)c1ccc(-c2ccccc2C(=O)OC)cc1. The fourth-order valence-electron chi connectivity index (χ4n) is 2.66. The zero-order chi connectivity index (χ0) is 18.4. The molecule has 0 spiro atoms. The lowest BCUT2D eigenvalue weighted by Crippen LogP contribution is -2.13. The Hall–Kier alpha value is -3.47. The van der Waals surface area contributed by atoms with Crippen LogP contribution in [0.4, 0.5) is 5.69 Å². The van der Waals surface area contributed by atoms with Crippen molar-refractivity contribution in [2.24, 2.45) is 4.99 Å². The van der Waals surface area contributed by atoms with E-state index in [1.165, 1.54) is 7.11 Å². The fourth-order valence-corrected chi connectivity index (χ4v) is 2.66. The molecular weight excluding hydrogens is 326 g/mol. The first kappa shape index (κ1) is 17.4. The van der Waals surface area contributed by atoms with E-state index in [9.17, 15) is 4.79 Å². The van der Waals surface area contributed by atoms with Gasteiger partial charge in [-0.05, 0) is 29.3 Å². The van der Waals surface area contributed by atoms with Gasteiger partial charge in [0, 0.05) is 30.7 Å². The predicted octanol–water partition coefficient (Wildman–Crippen LogP) is 4.02. The van der Waals surface area contributed by atoms with E-state index >= 15 is 0 Å². The van der Waals surface area contributed by atoms with Gasteiger partial charge in [-0.15, -0.1) is 0 Å². The maximum absolute atomic E-state index is 12.0. The Bertz CT molecular complexity index is 920. The Kier molecular flexibility index (Phi) is 5.39. The molecule has 1 aromatic heterocycles. The van der Waals surface area contributed by atoms with Crippen molar-refractivity contribution >= 4 is 17.5 Å². The summed E-state index contributed by atoms with van der Waals surface area (Å²) in [4.78, 5) is 20.3. The number of esters is 1. The van der Waals surface area contributed by atoms with Gasteiger partial charge < -0.3 is 10.1 Å². The summed E-state index contributed by atoms with van der Waals surface area (Å²) in [5.41, 5.74) is 4.18. The number of aliphatic imine (C=N–C) groups is 1. The number of methoxy groups -OCH3 is 1. The van der Waals surface area contributed by atoms with Crippen LogP contribution in [0.2, 0.25) is 0 Å². The minimum atomic E-state index is -0.347. The number of rotatable bonds is 4. The molecule has 0 atom stereocenters. The molecule has 1 N–H and O–H groups in total. The lowest BCUT2D eigenvalue weighted by Gasteiger charge is -2.11. The van der Waals surface area contributed by atoms with Crippen molar-refractivity contribution in [1.29, 1.82) is 0 Å². The van der Waals surface area contributed by atoms with Gasteiger partial charge in [0.2, 0.25) is 0 Å². The highest BCUT2D eigenvalue weighted by Gasteiger charge is 2.13. The second-order valence-electron chi connectivity index (χ2n) is 5.55. The van der Waals surface area contributed by atoms with Gasteiger partial charge in [-0.3, -0.25) is 9.98 Å². The van der Waals surface area contributed by atoms with E-state index in [4.69, 9.17) is 4.74 Å². The first-order valence-electron chi connectivity index (χ1n) is 8.15. The number of hydrogen-bond donors (Lipinski definition) is 1. The second kappa shape index (κ2) is 8.07. The molecule has 0 fully saturated rings. The number of nitrogens with one attached hydrogen (secondary N) is 1. The lowest BCUT2D eigenvalue weighted by molar-refractivity contribution is 0.0601. The Morgan fingerprint density at radius 2 is 1.69 bits per heavy atom. The van der Waals surface area contributed by atoms with Gasteiger partial charge in [-0.25, -0.2) is 4.79 Å². The first-order valence-corrected chi connectivity index (χ1v) is 8.15. The van der Waals surface area contributed by atoms with E-state index < -0.39 is 0 Å². The van der Waals surface area contributed by atoms with Crippen molar-refractivity contribution in [2.75, 3.05) is 19.5 Å². The molecule has 0 aliphatic rings. The predicted molar refractivity (Wildman–Crippen MR) is 104 cm³/mol. The van der Waals surface area contributed by atoms with Crippen LogP contribution in [0.1, 0.15) is 15.9 Å². The minimum absolute atomic E-state index is 0.347. The van der Waals surface area contributed by atoms with E-state index in [0.29, 0.717) is 5.56 Å². The van der Waals surface area contributed by atoms with Crippen molar-refractivity contribution < 1.29 is 9.53 Å². The summed E-state index contributed by atoms with van der Waals surface area (Å²) in [6.45, 7) is 0. The van der Waals surface area contributed by atoms with Crippen LogP contribution in [-0.2, 0) is 4.74 Å². The fraction of sp³-hybridized carbons (Fsp3) is 0.0952. The van der Waals surface area contributed by atoms with Crippen LogP contribution < -0.4 is 5.32 Å². The molecule has 0 radical (unpaired) electrons. The Morgan fingerprint density at radius 1 is 1.00 bits per heavy atom. The van der Waals surface area contributed by atoms with Gasteiger partial charge in [0.05, 0.1) is 12.7 Å². The average molecular weight is 345 g/mol. The van der Waals surface area contributed by atoms with E-state index in [1.54, 1.807) is 25.5 Å². The van der Waals surface area contributed by atoms with Gasteiger partial charge >= 0.3 is 5.97 Å². The maximum atomic E-state index is 12.0. The summed E-state index contributed by atoms with van der Waals surface area (Å²) in [5, 5.41) is 3.28. The number of hydrogen-bond acceptors (Lipinski definition) is 4. The third-order valence-electron chi connectivity index (χ3n) is 3.97. The van der Waals surface area contributed by atoms with Crippen LogP contribution in [0, 0.1) is 0 Å². The van der Waals surface area contributed by atoms with Crippen molar-refractivity contribution in [1.82, 2.24) is 4.98 Å². The van der Waals surface area contributed by atoms with Crippen LogP contribution in [0.25, 0.3) is 11.1 Å². The molecule has 0 unspecified atom stereocenters. The minimum Gasteiger partial charge on any atom is -0.465 e. The quantitative estimate of drug-likeness (QED) is 0.441. The molecule has 2 aromatic carbocycles. The number of ether oxygens (including phenoxy) is 1. The molecule has 0 bridgehead atoms. The maximum Gasteiger partial charge on any atom is 0.338 e. The van der Waals surface area contributed by atoms with E-state index in [-0.39, 0.29) is 5.97 Å². The summed E-state index contributed by atoms with van der Waals surface area (Å²) in [6.07, 6.45) is 3.45. The van der Waals surface area contributed by atoms with Crippen LogP contribution in [-0.4, -0.2) is 30.9 Å². The highest BCUT2D eigenvalue weighted by Crippen LogP contribution is 2.25. The standard InChI is InChI=1S/C21H19N3O2/c1-22-20(24-17-11-13-23-14-12-17)16-9-7-15(8-10-16)18-5-3-4-6-19(18)21(25)26-2/h3-14H,1-2H3,(H,22,23,24). The second-order valence-corrected chi connectivity index (χ2v) is 5.55. The van der Waals surface area contributed by atoms with Gasteiger partial charge in [0.25, 0.3) is 0 Å². The summed E-state index contributed by atoms with van der Waals surface area (Å²) in [7, 11) is 3.13. The molecule has 0 aliphatic carbocycles. The lowest BCUT2D eigenvalue weighted by atomic mass is 9.98. The molecular formula is C21H19N3O2. The van der Waals surface area contributed by atoms with E-state index in [2.05, 4.69) is 15.3 Å². The average Bonchev–Trinajstić information content (AvgIpc) is 2.72. The molecule has 0 aliphatic heterocycles. The summed E-state index contributed by atoms with van der Waals surface area (Å²) >= 11 is 0. The molecule has 130 valence electrons. The molecule has 26 heavy (non-hydrogen) atoms. The van der Waals surface area contributed by atoms with Crippen molar-refractivity contribution in [3.8, 4) is 11.1 Å². The zero-order valence-corrected chi connectivity index (χ0v) is 14.6. The first-order chi connectivity index (χ1) is 12.7. The number of pyridine rings is 1. The number of anilines is 1. The number of amidine groups is 1. The molecule has 5 nitrogen and oxygen atoms in total. The van der Waals surface area contributed by atoms with E-state index in [1.807, 2.05) is 54.6 Å². The summed E-state index contributed by atoms with van der Waals surface area (Å²) < 4.78 is 4.87. The molecule has 1 heterocycles. The van der Waals surface area contributed by atoms with Crippen LogP contribution >= 0.6 is 0 Å². The zero-order valence-electron chi connectivity index (χ0n) is 14.6. The Labute approximate surface area is 152 Å². The van der Waals surface area contributed by atoms with E-state index in [0.717, 1.165) is 28.2 Å². The highest BCUT2D eigenvalue weighted by molar-refractivity contribution is 6.08. The van der Waals surface area contributed by atoms with Gasteiger partial charge in [0.1, 0.15) is 5.84 Å². The molecule has 0 saturated heterocycles. The molecule has 3 aromatic rings. The number of carbonyl (C=O) groups is 1. The summed E-state index contributed by atoms with van der Waals surface area (Å²) in [6, 6.07) is 19.0. The van der Waals surface area contributed by atoms with Crippen LogP contribution in [0.5, 0.6) is 0 Å². The van der Waals surface area contributed by atoms with Gasteiger partial charge in [0.15, 0.2) is 0 Å². The molecule has 3 rings (SSSR count). The Morgan fingerprint density at radius 3 is 2.35 bits per heavy atom. The topological polar surface area (TPSA) is 63.6 Å². The highest BCUT2D eigenvalue weighted by atomic mass is 16.5. The van der Waals surface area contributed by atoms with Crippen molar-refractivity contribution in [2.45, 2.75) is 0 Å². The van der Waals surface area contributed by atoms with Crippen molar-refractivity contribution in [3.63, 3.8) is 0 Å². The van der Waals surface area contributed by atoms with Crippen molar-refractivity contribution in [3.05, 3.63) is 84.2 Å². The number of nitrogens with zero attached hydrogens (tertiary/aromatic N) is 2.